The maximum absolute atomic E-state index is 5.28. The van der Waals surface area contributed by atoms with E-state index < -0.39 is 8.24 Å². The van der Waals surface area contributed by atoms with Gasteiger partial charge >= 0.3 is 16.8 Å². The molecule has 22 heavy (non-hydrogen) atoms. The number of rotatable bonds is 0. The van der Waals surface area contributed by atoms with Crippen molar-refractivity contribution in [3.63, 3.8) is 0 Å². The molecule has 0 amide bonds. The number of nitrogens with zero attached hydrogens (tertiary/aromatic N) is 1. The third-order valence-electron chi connectivity index (χ3n) is 4.06. The molecule has 5 heteroatoms. The fourth-order valence-electron chi connectivity index (χ4n) is 4.16. The molecule has 135 valence electrons. The minimum absolute atomic E-state index is 0. The summed E-state index contributed by atoms with van der Waals surface area (Å²) in [5, 5.41) is 7.50. The van der Waals surface area contributed by atoms with Crippen LogP contribution in [-0.4, -0.2) is 37.9 Å². The summed E-state index contributed by atoms with van der Waals surface area (Å²) < 4.78 is 0. The summed E-state index contributed by atoms with van der Waals surface area (Å²) in [6.45, 7) is 18.6. The average Bonchev–Trinajstić information content (AvgIpc) is 2.08. The van der Waals surface area contributed by atoms with Crippen LogP contribution in [0.15, 0.2) is 0 Å². The van der Waals surface area contributed by atoms with Gasteiger partial charge in [0, 0.05) is 24.2 Å². The molecule has 0 saturated carbocycles. The van der Waals surface area contributed by atoms with Gasteiger partial charge in [0.15, 0.2) is 0 Å². The molecule has 0 aromatic carbocycles. The maximum atomic E-state index is 5.28. The molecule has 0 aliphatic carbocycles. The Morgan fingerprint density at radius 2 is 1.36 bits per heavy atom. The zero-order chi connectivity index (χ0) is 15.6. The first-order chi connectivity index (χ1) is 8.99. The topological polar surface area (TPSA) is 38.2 Å². The molecule has 1 saturated heterocycles. The van der Waals surface area contributed by atoms with Gasteiger partial charge in [0.25, 0.3) is 0 Å². The summed E-state index contributed by atoms with van der Waals surface area (Å²) in [5.41, 5.74) is 0.0897. The van der Waals surface area contributed by atoms with Crippen LogP contribution in [-0.2, 0) is 16.8 Å². The van der Waals surface area contributed by atoms with E-state index in [-0.39, 0.29) is 29.7 Å². The monoisotopic (exact) mass is 372 g/mol. The summed E-state index contributed by atoms with van der Waals surface area (Å²) in [6.07, 6.45) is 2.32. The van der Waals surface area contributed by atoms with Crippen molar-refractivity contribution in [2.75, 3.05) is 0 Å². The van der Waals surface area contributed by atoms with Crippen LogP contribution < -0.4 is 10.6 Å². The van der Waals surface area contributed by atoms with Gasteiger partial charge in [-0.3, -0.25) is 0 Å². The van der Waals surface area contributed by atoms with Crippen LogP contribution in [0.4, 0.5) is 0 Å². The molecule has 1 aliphatic rings. The quantitative estimate of drug-likeness (QED) is 0.491. The Balaban J connectivity index is 0. The first-order valence-electron chi connectivity index (χ1n) is 8.25. The summed E-state index contributed by atoms with van der Waals surface area (Å²) in [5.74, 6) is 0. The van der Waals surface area contributed by atoms with Gasteiger partial charge in [-0.2, -0.15) is 0 Å². The van der Waals surface area contributed by atoms with Crippen LogP contribution >= 0.6 is 0 Å². The molecule has 0 spiro atoms. The molecular weight excluding hydrogens is 333 g/mol. The standard InChI is InChI=1S/C16H36N3Si.CH3.Co/c1-12-9-13(2)18-15(4)11-20(7,8)19-16(5,6)10-14(3)17-12;;/h12-15,17-18H,9-11H2,1-8H3;1H3;/q2*-1;+2. The minimum atomic E-state index is -1.51. The molecule has 0 aromatic heterocycles. The van der Waals surface area contributed by atoms with Gasteiger partial charge in [0.1, 0.15) is 0 Å². The van der Waals surface area contributed by atoms with Gasteiger partial charge in [-0.05, 0) is 27.2 Å². The fourth-order valence-corrected chi connectivity index (χ4v) is 7.60. The van der Waals surface area contributed by atoms with E-state index in [4.69, 9.17) is 4.98 Å². The second kappa shape index (κ2) is 9.79. The van der Waals surface area contributed by atoms with E-state index in [0.29, 0.717) is 24.2 Å². The van der Waals surface area contributed by atoms with E-state index in [2.05, 4.69) is 65.3 Å². The molecule has 4 atom stereocenters. The number of hydrogen-bond donors (Lipinski definition) is 2. The van der Waals surface area contributed by atoms with E-state index in [9.17, 15) is 0 Å². The van der Waals surface area contributed by atoms with Gasteiger partial charge in [0.2, 0.25) is 0 Å². The van der Waals surface area contributed by atoms with Crippen molar-refractivity contribution in [2.24, 2.45) is 0 Å². The van der Waals surface area contributed by atoms with Gasteiger partial charge < -0.3 is 23.0 Å². The van der Waals surface area contributed by atoms with E-state index in [1.54, 1.807) is 0 Å². The van der Waals surface area contributed by atoms with Crippen molar-refractivity contribution < 1.29 is 16.8 Å². The number of nitrogens with one attached hydrogen (secondary N) is 2. The predicted octanol–water partition coefficient (Wildman–Crippen LogP) is 4.32. The molecule has 0 bridgehead atoms. The van der Waals surface area contributed by atoms with E-state index >= 15 is 0 Å². The van der Waals surface area contributed by atoms with Crippen LogP contribution in [0.2, 0.25) is 19.1 Å². The average molecular weight is 373 g/mol. The maximum Gasteiger partial charge on any atom is 2.00 e. The van der Waals surface area contributed by atoms with Gasteiger partial charge in [-0.25, -0.2) is 0 Å². The van der Waals surface area contributed by atoms with Gasteiger partial charge in [0.05, 0.1) is 0 Å². The molecular formula is C17H39CoN3Si. The second-order valence-electron chi connectivity index (χ2n) is 8.32. The zero-order valence-corrected chi connectivity index (χ0v) is 18.3. The van der Waals surface area contributed by atoms with Crippen molar-refractivity contribution in [1.82, 2.24) is 10.6 Å². The molecule has 3 nitrogen and oxygen atoms in total. The summed E-state index contributed by atoms with van der Waals surface area (Å²) in [7, 11) is -1.51. The Kier molecular flexibility index (Phi) is 11.1. The molecule has 1 fully saturated rings. The van der Waals surface area contributed by atoms with Crippen molar-refractivity contribution in [3.8, 4) is 0 Å². The van der Waals surface area contributed by atoms with E-state index in [1.165, 1.54) is 12.5 Å². The minimum Gasteiger partial charge on any atom is -0.660 e. The van der Waals surface area contributed by atoms with Crippen LogP contribution in [0.25, 0.3) is 4.98 Å². The summed E-state index contributed by atoms with van der Waals surface area (Å²) in [4.78, 5) is 5.28. The van der Waals surface area contributed by atoms with Crippen LogP contribution in [0, 0.1) is 7.43 Å². The normalized spacial score (nSPS) is 36.0. The smallest absolute Gasteiger partial charge is 0.660 e. The Labute approximate surface area is 151 Å². The molecule has 1 radical (unpaired) electrons. The molecule has 1 rings (SSSR count). The Bertz CT molecular complexity index is 282. The third kappa shape index (κ3) is 9.68. The van der Waals surface area contributed by atoms with Crippen molar-refractivity contribution in [2.45, 2.75) is 103 Å². The van der Waals surface area contributed by atoms with E-state index in [1.807, 2.05) is 0 Å². The number of hydrogen-bond acceptors (Lipinski definition) is 2. The Morgan fingerprint density at radius 1 is 0.909 bits per heavy atom. The van der Waals surface area contributed by atoms with E-state index in [0.717, 1.165) is 6.42 Å². The predicted molar refractivity (Wildman–Crippen MR) is 99.5 cm³/mol. The molecule has 1 aliphatic heterocycles. The SMILES string of the molecule is CC1CC(C)NC(C)C[Si](C)(C)[N-]C(C)(C)CC(C)N1.[CH3-].[Co+2]. The zero-order valence-electron chi connectivity index (χ0n) is 16.2. The van der Waals surface area contributed by atoms with Crippen LogP contribution in [0.5, 0.6) is 0 Å². The van der Waals surface area contributed by atoms with Crippen molar-refractivity contribution >= 4 is 8.24 Å². The molecule has 4 unspecified atom stereocenters. The summed E-state index contributed by atoms with van der Waals surface area (Å²) >= 11 is 0. The fraction of sp³-hybridized carbons (Fsp3) is 0.941. The Morgan fingerprint density at radius 3 is 1.86 bits per heavy atom. The van der Waals surface area contributed by atoms with Crippen LogP contribution in [0.3, 0.4) is 0 Å². The van der Waals surface area contributed by atoms with Gasteiger partial charge in [-0.1, -0.05) is 54.6 Å². The van der Waals surface area contributed by atoms with Gasteiger partial charge in [-0.15, -0.1) is 5.54 Å². The third-order valence-corrected chi connectivity index (χ3v) is 6.88. The Hall–Kier alpha value is 0.603. The van der Waals surface area contributed by atoms with Crippen molar-refractivity contribution in [3.05, 3.63) is 12.4 Å². The molecule has 2 N–H and O–H groups in total. The second-order valence-corrected chi connectivity index (χ2v) is 12.6. The largest absolute Gasteiger partial charge is 2.00 e. The molecule has 1 heterocycles. The van der Waals surface area contributed by atoms with Crippen LogP contribution in [0.1, 0.15) is 54.4 Å². The first-order valence-corrected chi connectivity index (χ1v) is 11.4. The first kappa shape index (κ1) is 24.9. The summed E-state index contributed by atoms with van der Waals surface area (Å²) in [6, 6.07) is 3.45. The van der Waals surface area contributed by atoms with Crippen molar-refractivity contribution in [1.29, 1.82) is 0 Å². The molecule has 0 aromatic rings.